The Balaban J connectivity index is 0.847. The van der Waals surface area contributed by atoms with Gasteiger partial charge in [0.2, 0.25) is 0 Å². The number of fused-ring (bicyclic) bond motifs is 2. The van der Waals surface area contributed by atoms with Crippen molar-refractivity contribution in [2.75, 3.05) is 9.80 Å². The minimum atomic E-state index is 1.10. The molecule has 68 heavy (non-hydrogen) atoms. The fourth-order valence-corrected chi connectivity index (χ4v) is 8.97. The minimum absolute atomic E-state index is 1.10. The average molecular weight is 869 g/mol. The van der Waals surface area contributed by atoms with Crippen molar-refractivity contribution >= 4 is 80.0 Å². The van der Waals surface area contributed by atoms with Crippen molar-refractivity contribution in [3.8, 4) is 22.3 Å². The van der Waals surface area contributed by atoms with Crippen molar-refractivity contribution in [2.24, 2.45) is 0 Å². The van der Waals surface area contributed by atoms with Gasteiger partial charge in [-0.1, -0.05) is 218 Å². The van der Waals surface area contributed by atoms with Gasteiger partial charge < -0.3 is 9.80 Å². The van der Waals surface area contributed by atoms with E-state index in [0.717, 1.165) is 45.3 Å². The Morgan fingerprint density at radius 1 is 0.191 bits per heavy atom. The third-order valence-electron chi connectivity index (χ3n) is 12.6. The van der Waals surface area contributed by atoms with Crippen LogP contribution >= 0.6 is 0 Å². The molecule has 0 radical (unpaired) electrons. The van der Waals surface area contributed by atoms with Crippen molar-refractivity contribution in [1.82, 2.24) is 0 Å². The molecule has 0 atom stereocenters. The Morgan fingerprint density at radius 3 is 0.779 bits per heavy atom. The maximum absolute atomic E-state index is 2.34. The van der Waals surface area contributed by atoms with Crippen molar-refractivity contribution < 1.29 is 0 Å². The standard InChI is InChI=1S/C66H48N2/c1-3-11-49(12-4-1)19-21-51-23-37-61(38-24-51)67(65-45-35-53-15-7-9-17-59(53)47-65)63-41-31-57(32-42-63)55-27-29-56(30-28-55)58-33-43-64(44-34-58)68(66-46-36-54-16-8-10-18-60(54)48-66)62-39-25-52(26-40-62)22-20-50-13-5-2-6-14-50/h1-48H. The quantitative estimate of drug-likeness (QED) is 0.113. The van der Waals surface area contributed by atoms with E-state index in [-0.39, 0.29) is 0 Å². The zero-order valence-electron chi connectivity index (χ0n) is 37.6. The van der Waals surface area contributed by atoms with Crippen LogP contribution in [0.1, 0.15) is 22.3 Å². The van der Waals surface area contributed by atoms with Gasteiger partial charge in [-0.05, 0) is 139 Å². The van der Waals surface area contributed by atoms with E-state index in [0.29, 0.717) is 0 Å². The number of rotatable bonds is 12. The maximum Gasteiger partial charge on any atom is 0.0468 e. The highest BCUT2D eigenvalue weighted by Crippen LogP contribution is 2.40. The van der Waals surface area contributed by atoms with Gasteiger partial charge in [0, 0.05) is 34.1 Å². The number of hydrogen-bond donors (Lipinski definition) is 0. The first kappa shape index (κ1) is 41.7. The van der Waals surface area contributed by atoms with Gasteiger partial charge in [0.15, 0.2) is 0 Å². The second kappa shape index (κ2) is 19.2. The zero-order valence-corrected chi connectivity index (χ0v) is 37.6. The molecule has 0 aliphatic carbocycles. The molecule has 11 rings (SSSR count). The Hall–Kier alpha value is -8.98. The summed E-state index contributed by atoms with van der Waals surface area (Å²) in [5.41, 5.74) is 16.0. The summed E-state index contributed by atoms with van der Waals surface area (Å²) in [5.74, 6) is 0. The van der Waals surface area contributed by atoms with E-state index in [9.17, 15) is 0 Å². The molecule has 2 nitrogen and oxygen atoms in total. The molecule has 0 saturated carbocycles. The van der Waals surface area contributed by atoms with E-state index in [4.69, 9.17) is 0 Å². The summed E-state index contributed by atoms with van der Waals surface area (Å²) in [6, 6.07) is 95.8. The van der Waals surface area contributed by atoms with Crippen LogP contribution in [-0.2, 0) is 0 Å². The monoisotopic (exact) mass is 868 g/mol. The van der Waals surface area contributed by atoms with E-state index in [1.165, 1.54) is 54.9 Å². The fourth-order valence-electron chi connectivity index (χ4n) is 8.97. The van der Waals surface area contributed by atoms with Crippen molar-refractivity contribution in [3.05, 3.63) is 289 Å². The Labute approximate surface area is 399 Å². The summed E-state index contributed by atoms with van der Waals surface area (Å²) in [4.78, 5) is 4.68. The van der Waals surface area contributed by atoms with Gasteiger partial charge in [0.1, 0.15) is 0 Å². The van der Waals surface area contributed by atoms with E-state index in [1.807, 2.05) is 12.1 Å². The molecule has 0 aromatic heterocycles. The second-order valence-corrected chi connectivity index (χ2v) is 17.1. The number of benzene rings is 11. The summed E-state index contributed by atoms with van der Waals surface area (Å²) in [5, 5.41) is 4.88. The van der Waals surface area contributed by atoms with Crippen LogP contribution in [0, 0.1) is 0 Å². The number of hydrogen-bond acceptors (Lipinski definition) is 2. The lowest BCUT2D eigenvalue weighted by molar-refractivity contribution is 1.29. The van der Waals surface area contributed by atoms with E-state index in [2.05, 4.69) is 289 Å². The highest BCUT2D eigenvalue weighted by molar-refractivity contribution is 5.91. The molecule has 0 heterocycles. The molecule has 2 heteroatoms. The molecule has 0 aliphatic rings. The van der Waals surface area contributed by atoms with Crippen LogP contribution < -0.4 is 9.80 Å². The summed E-state index contributed by atoms with van der Waals surface area (Å²) in [6.45, 7) is 0. The van der Waals surface area contributed by atoms with Crippen molar-refractivity contribution in [2.45, 2.75) is 0 Å². The first-order chi connectivity index (χ1) is 33.7. The van der Waals surface area contributed by atoms with Crippen LogP contribution in [0.15, 0.2) is 267 Å². The topological polar surface area (TPSA) is 6.48 Å². The summed E-state index contributed by atoms with van der Waals surface area (Å²) >= 11 is 0. The lowest BCUT2D eigenvalue weighted by atomic mass is 9.99. The molecule has 0 spiro atoms. The third-order valence-corrected chi connectivity index (χ3v) is 12.6. The lowest BCUT2D eigenvalue weighted by Gasteiger charge is -2.26. The molecule has 322 valence electrons. The maximum atomic E-state index is 2.34. The van der Waals surface area contributed by atoms with Gasteiger partial charge in [-0.2, -0.15) is 0 Å². The first-order valence-electron chi connectivity index (χ1n) is 23.2. The van der Waals surface area contributed by atoms with Crippen molar-refractivity contribution in [3.63, 3.8) is 0 Å². The van der Waals surface area contributed by atoms with E-state index < -0.39 is 0 Å². The molecule has 0 unspecified atom stereocenters. The van der Waals surface area contributed by atoms with Crippen molar-refractivity contribution in [1.29, 1.82) is 0 Å². The van der Waals surface area contributed by atoms with E-state index in [1.54, 1.807) is 0 Å². The van der Waals surface area contributed by atoms with Gasteiger partial charge in [-0.15, -0.1) is 0 Å². The zero-order chi connectivity index (χ0) is 45.5. The average Bonchev–Trinajstić information content (AvgIpc) is 3.41. The van der Waals surface area contributed by atoms with Crippen LogP contribution in [0.5, 0.6) is 0 Å². The summed E-state index contributed by atoms with van der Waals surface area (Å²) in [7, 11) is 0. The Morgan fingerprint density at radius 2 is 0.441 bits per heavy atom. The van der Waals surface area contributed by atoms with Crippen LogP contribution in [0.25, 0.3) is 68.1 Å². The second-order valence-electron chi connectivity index (χ2n) is 17.1. The van der Waals surface area contributed by atoms with Crippen LogP contribution in [-0.4, -0.2) is 0 Å². The molecule has 0 N–H and O–H groups in total. The third kappa shape index (κ3) is 9.26. The molecule has 0 amide bonds. The van der Waals surface area contributed by atoms with Crippen LogP contribution in [0.3, 0.4) is 0 Å². The van der Waals surface area contributed by atoms with Crippen LogP contribution in [0.4, 0.5) is 34.1 Å². The number of anilines is 6. The highest BCUT2D eigenvalue weighted by atomic mass is 15.1. The molecule has 11 aromatic rings. The largest absolute Gasteiger partial charge is 0.310 e. The smallest absolute Gasteiger partial charge is 0.0468 e. The van der Waals surface area contributed by atoms with E-state index >= 15 is 0 Å². The van der Waals surface area contributed by atoms with Gasteiger partial charge in [-0.25, -0.2) is 0 Å². The fraction of sp³-hybridized carbons (Fsp3) is 0. The molecule has 0 fully saturated rings. The number of nitrogens with zero attached hydrogens (tertiary/aromatic N) is 2. The van der Waals surface area contributed by atoms with Gasteiger partial charge in [-0.3, -0.25) is 0 Å². The first-order valence-corrected chi connectivity index (χ1v) is 23.2. The predicted octanol–water partition coefficient (Wildman–Crippen LogP) is 18.6. The van der Waals surface area contributed by atoms with Gasteiger partial charge in [0.25, 0.3) is 0 Å². The normalized spacial score (nSPS) is 11.4. The molecular weight excluding hydrogens is 821 g/mol. The molecule has 11 aromatic carbocycles. The summed E-state index contributed by atoms with van der Waals surface area (Å²) < 4.78 is 0. The summed E-state index contributed by atoms with van der Waals surface area (Å²) in [6.07, 6.45) is 8.66. The van der Waals surface area contributed by atoms with Gasteiger partial charge in [0.05, 0.1) is 0 Å². The lowest BCUT2D eigenvalue weighted by Crippen LogP contribution is -2.09. The predicted molar refractivity (Wildman–Crippen MR) is 292 cm³/mol. The Kier molecular flexibility index (Phi) is 11.8. The molecule has 0 aliphatic heterocycles. The van der Waals surface area contributed by atoms with Gasteiger partial charge >= 0.3 is 0 Å². The molecular formula is C66H48N2. The molecule has 0 saturated heterocycles. The highest BCUT2D eigenvalue weighted by Gasteiger charge is 2.16. The Bertz CT molecular complexity index is 3260. The minimum Gasteiger partial charge on any atom is -0.310 e. The molecule has 0 bridgehead atoms. The SMILES string of the molecule is C(=Cc1ccc(N(c2ccc(-c3ccc(-c4ccc(N(c5ccc(C=Cc6ccccc6)cc5)c5ccc6ccccc6c5)cc4)cc3)cc2)c2ccc3ccccc3c2)cc1)c1ccccc1. The van der Waals surface area contributed by atoms with Crippen LogP contribution in [0.2, 0.25) is 0 Å².